The van der Waals surface area contributed by atoms with Gasteiger partial charge in [0.15, 0.2) is 0 Å². The van der Waals surface area contributed by atoms with E-state index >= 15 is 0 Å². The number of nitrogens with zero attached hydrogens (tertiary/aromatic N) is 2. The van der Waals surface area contributed by atoms with Crippen molar-refractivity contribution < 1.29 is 0 Å². The van der Waals surface area contributed by atoms with Crippen LogP contribution < -0.4 is 5.32 Å². The molecule has 0 saturated carbocycles. The molecule has 1 aliphatic rings. The van der Waals surface area contributed by atoms with E-state index in [0.29, 0.717) is 0 Å². The van der Waals surface area contributed by atoms with Gasteiger partial charge in [0.2, 0.25) is 0 Å². The standard InChI is InChI=1S/C12H22N4/c1-2-8-16(9-3-1)10-4-5-13-11-12-14-6-7-15-12/h6-7,13H,1-5,8-11H2,(H,14,15). The average Bonchev–Trinajstić information content (AvgIpc) is 2.83. The highest BCUT2D eigenvalue weighted by Gasteiger charge is 2.08. The van der Waals surface area contributed by atoms with E-state index in [-0.39, 0.29) is 0 Å². The van der Waals surface area contributed by atoms with Gasteiger partial charge in [0.05, 0.1) is 6.54 Å². The van der Waals surface area contributed by atoms with Crippen LogP contribution in [0.15, 0.2) is 12.4 Å². The quantitative estimate of drug-likeness (QED) is 0.715. The fraction of sp³-hybridized carbons (Fsp3) is 0.750. The van der Waals surface area contributed by atoms with Crippen LogP contribution in [0, 0.1) is 0 Å². The maximum atomic E-state index is 4.18. The lowest BCUT2D eigenvalue weighted by Crippen LogP contribution is -2.32. The van der Waals surface area contributed by atoms with Crippen molar-refractivity contribution in [3.05, 3.63) is 18.2 Å². The lowest BCUT2D eigenvalue weighted by Gasteiger charge is -2.26. The molecular weight excluding hydrogens is 200 g/mol. The van der Waals surface area contributed by atoms with E-state index in [2.05, 4.69) is 20.2 Å². The highest BCUT2D eigenvalue weighted by Crippen LogP contribution is 2.08. The zero-order chi connectivity index (χ0) is 11.1. The third-order valence-corrected chi connectivity index (χ3v) is 3.12. The molecule has 0 atom stereocenters. The number of nitrogens with one attached hydrogen (secondary N) is 2. The Morgan fingerprint density at radius 2 is 2.19 bits per heavy atom. The smallest absolute Gasteiger partial charge is 0.120 e. The van der Waals surface area contributed by atoms with Gasteiger partial charge in [-0.15, -0.1) is 0 Å². The number of aromatic nitrogens is 2. The minimum Gasteiger partial charge on any atom is -0.348 e. The van der Waals surface area contributed by atoms with E-state index in [1.54, 1.807) is 6.20 Å². The fourth-order valence-corrected chi connectivity index (χ4v) is 2.21. The maximum Gasteiger partial charge on any atom is 0.120 e. The van der Waals surface area contributed by atoms with Crippen molar-refractivity contribution in [2.75, 3.05) is 26.2 Å². The molecule has 2 heterocycles. The average molecular weight is 222 g/mol. The van der Waals surface area contributed by atoms with Crippen LogP contribution in [0.2, 0.25) is 0 Å². The number of imidazole rings is 1. The summed E-state index contributed by atoms with van der Waals surface area (Å²) in [6.45, 7) is 5.78. The van der Waals surface area contributed by atoms with Crippen LogP contribution in [0.25, 0.3) is 0 Å². The van der Waals surface area contributed by atoms with Crippen LogP contribution in [0.1, 0.15) is 31.5 Å². The summed E-state index contributed by atoms with van der Waals surface area (Å²) in [5.74, 6) is 1.03. The summed E-state index contributed by atoms with van der Waals surface area (Å²) in [6.07, 6.45) is 9.10. The van der Waals surface area contributed by atoms with Gasteiger partial charge < -0.3 is 15.2 Å². The minimum atomic E-state index is 0.854. The second kappa shape index (κ2) is 6.66. The Labute approximate surface area is 97.4 Å². The maximum absolute atomic E-state index is 4.18. The molecule has 1 aromatic rings. The lowest BCUT2D eigenvalue weighted by atomic mass is 10.1. The summed E-state index contributed by atoms with van der Waals surface area (Å²) in [7, 11) is 0. The molecule has 16 heavy (non-hydrogen) atoms. The third-order valence-electron chi connectivity index (χ3n) is 3.12. The van der Waals surface area contributed by atoms with E-state index in [4.69, 9.17) is 0 Å². The van der Waals surface area contributed by atoms with Crippen molar-refractivity contribution in [1.29, 1.82) is 0 Å². The van der Waals surface area contributed by atoms with E-state index in [1.807, 2.05) is 6.20 Å². The predicted molar refractivity (Wildman–Crippen MR) is 65.2 cm³/mol. The number of hydrogen-bond donors (Lipinski definition) is 2. The molecule has 2 rings (SSSR count). The summed E-state index contributed by atoms with van der Waals surface area (Å²) in [5, 5.41) is 3.41. The van der Waals surface area contributed by atoms with Crippen LogP contribution in [0.4, 0.5) is 0 Å². The van der Waals surface area contributed by atoms with Gasteiger partial charge >= 0.3 is 0 Å². The first-order valence-corrected chi connectivity index (χ1v) is 6.36. The summed E-state index contributed by atoms with van der Waals surface area (Å²) < 4.78 is 0. The molecule has 4 heteroatoms. The number of H-pyrrole nitrogens is 1. The molecule has 1 saturated heterocycles. The van der Waals surface area contributed by atoms with Gasteiger partial charge in [-0.2, -0.15) is 0 Å². The Morgan fingerprint density at radius 3 is 2.94 bits per heavy atom. The van der Waals surface area contributed by atoms with Crippen molar-refractivity contribution in [3.8, 4) is 0 Å². The predicted octanol–water partition coefficient (Wildman–Crippen LogP) is 1.38. The highest BCUT2D eigenvalue weighted by atomic mass is 15.1. The fourth-order valence-electron chi connectivity index (χ4n) is 2.21. The van der Waals surface area contributed by atoms with Crippen LogP contribution in [-0.2, 0) is 6.54 Å². The molecule has 0 bridgehead atoms. The van der Waals surface area contributed by atoms with Crippen molar-refractivity contribution in [1.82, 2.24) is 20.2 Å². The molecule has 0 aromatic carbocycles. The van der Waals surface area contributed by atoms with Gasteiger partial charge in [-0.25, -0.2) is 4.98 Å². The minimum absolute atomic E-state index is 0.854. The van der Waals surface area contributed by atoms with Gasteiger partial charge in [-0.1, -0.05) is 6.42 Å². The summed E-state index contributed by atoms with van der Waals surface area (Å²) in [5.41, 5.74) is 0. The van der Waals surface area contributed by atoms with E-state index < -0.39 is 0 Å². The first kappa shape index (κ1) is 11.6. The third kappa shape index (κ3) is 3.94. The Balaban J connectivity index is 1.48. The Kier molecular flexibility index (Phi) is 4.83. The van der Waals surface area contributed by atoms with Crippen molar-refractivity contribution in [2.24, 2.45) is 0 Å². The van der Waals surface area contributed by atoms with Crippen molar-refractivity contribution in [3.63, 3.8) is 0 Å². The monoisotopic (exact) mass is 222 g/mol. The highest BCUT2D eigenvalue weighted by molar-refractivity contribution is 4.85. The van der Waals surface area contributed by atoms with Gasteiger partial charge in [0, 0.05) is 12.4 Å². The topological polar surface area (TPSA) is 44.0 Å². The summed E-state index contributed by atoms with van der Waals surface area (Å²) in [4.78, 5) is 9.85. The van der Waals surface area contributed by atoms with E-state index in [1.165, 1.54) is 45.3 Å². The summed E-state index contributed by atoms with van der Waals surface area (Å²) >= 11 is 0. The molecular formula is C12H22N4. The first-order valence-electron chi connectivity index (χ1n) is 6.36. The van der Waals surface area contributed by atoms with E-state index in [0.717, 1.165) is 18.9 Å². The van der Waals surface area contributed by atoms with Gasteiger partial charge in [-0.05, 0) is 45.4 Å². The number of likely N-dealkylation sites (tertiary alicyclic amines) is 1. The number of rotatable bonds is 6. The molecule has 4 nitrogen and oxygen atoms in total. The van der Waals surface area contributed by atoms with Crippen LogP contribution >= 0.6 is 0 Å². The van der Waals surface area contributed by atoms with Crippen molar-refractivity contribution in [2.45, 2.75) is 32.2 Å². The SMILES string of the molecule is c1c[nH]c(CNCCCN2CCCCC2)n1. The second-order valence-corrected chi connectivity index (χ2v) is 4.47. The number of hydrogen-bond acceptors (Lipinski definition) is 3. The molecule has 0 amide bonds. The van der Waals surface area contributed by atoms with Crippen LogP contribution in [-0.4, -0.2) is 41.0 Å². The largest absolute Gasteiger partial charge is 0.348 e. The zero-order valence-electron chi connectivity index (χ0n) is 9.91. The zero-order valence-corrected chi connectivity index (χ0v) is 9.91. The number of piperidine rings is 1. The number of aromatic amines is 1. The molecule has 1 aliphatic heterocycles. The lowest BCUT2D eigenvalue weighted by molar-refractivity contribution is 0.225. The molecule has 2 N–H and O–H groups in total. The molecule has 0 spiro atoms. The molecule has 0 radical (unpaired) electrons. The summed E-state index contributed by atoms with van der Waals surface area (Å²) in [6, 6.07) is 0. The first-order chi connectivity index (χ1) is 7.95. The molecule has 1 fully saturated rings. The normalized spacial score (nSPS) is 17.8. The van der Waals surface area contributed by atoms with Gasteiger partial charge in [-0.3, -0.25) is 0 Å². The Hall–Kier alpha value is -0.870. The second-order valence-electron chi connectivity index (χ2n) is 4.47. The van der Waals surface area contributed by atoms with E-state index in [9.17, 15) is 0 Å². The molecule has 90 valence electrons. The van der Waals surface area contributed by atoms with Crippen LogP contribution in [0.3, 0.4) is 0 Å². The van der Waals surface area contributed by atoms with Gasteiger partial charge in [0.25, 0.3) is 0 Å². The van der Waals surface area contributed by atoms with Crippen LogP contribution in [0.5, 0.6) is 0 Å². The molecule has 0 aliphatic carbocycles. The Morgan fingerprint density at radius 1 is 1.31 bits per heavy atom. The van der Waals surface area contributed by atoms with Gasteiger partial charge in [0.1, 0.15) is 5.82 Å². The molecule has 0 unspecified atom stereocenters. The van der Waals surface area contributed by atoms with Crippen molar-refractivity contribution >= 4 is 0 Å². The molecule has 1 aromatic heterocycles. The Bertz CT molecular complexity index is 265.